The summed E-state index contributed by atoms with van der Waals surface area (Å²) in [6.07, 6.45) is 7.46. The Labute approximate surface area is 116 Å². The van der Waals surface area contributed by atoms with Crippen LogP contribution in [-0.2, 0) is 4.74 Å². The van der Waals surface area contributed by atoms with Crippen LogP contribution in [0.4, 0.5) is 4.79 Å². The van der Waals surface area contributed by atoms with E-state index in [4.69, 9.17) is 10.5 Å². The molecule has 0 aromatic rings. The SMILES string of the molecule is CC(C)(C)OC(=O)N(C1CCC1)C1CCC(N)CC1. The number of hydrogen-bond donors (Lipinski definition) is 1. The topological polar surface area (TPSA) is 55.6 Å². The minimum Gasteiger partial charge on any atom is -0.444 e. The van der Waals surface area contributed by atoms with Gasteiger partial charge in [0.2, 0.25) is 0 Å². The fourth-order valence-corrected chi connectivity index (χ4v) is 2.96. The van der Waals surface area contributed by atoms with E-state index in [0.717, 1.165) is 38.5 Å². The van der Waals surface area contributed by atoms with Gasteiger partial charge in [0.25, 0.3) is 0 Å². The predicted octanol–water partition coefficient (Wildman–Crippen LogP) is 3.05. The Morgan fingerprint density at radius 2 is 1.58 bits per heavy atom. The molecule has 0 bridgehead atoms. The molecular weight excluding hydrogens is 240 g/mol. The van der Waals surface area contributed by atoms with Crippen molar-refractivity contribution in [2.24, 2.45) is 5.73 Å². The van der Waals surface area contributed by atoms with Crippen molar-refractivity contribution in [2.75, 3.05) is 0 Å². The molecule has 0 aromatic heterocycles. The van der Waals surface area contributed by atoms with E-state index >= 15 is 0 Å². The molecule has 2 aliphatic carbocycles. The maximum Gasteiger partial charge on any atom is 0.410 e. The van der Waals surface area contributed by atoms with E-state index in [0.29, 0.717) is 18.1 Å². The van der Waals surface area contributed by atoms with Crippen molar-refractivity contribution < 1.29 is 9.53 Å². The zero-order valence-electron chi connectivity index (χ0n) is 12.5. The van der Waals surface area contributed by atoms with Crippen molar-refractivity contribution in [1.82, 2.24) is 4.90 Å². The maximum absolute atomic E-state index is 12.4. The number of rotatable bonds is 2. The molecule has 0 aliphatic heterocycles. The van der Waals surface area contributed by atoms with Gasteiger partial charge in [-0.3, -0.25) is 0 Å². The zero-order valence-corrected chi connectivity index (χ0v) is 12.5. The molecule has 2 fully saturated rings. The Hall–Kier alpha value is -0.770. The number of carbonyl (C=O) groups excluding carboxylic acids is 1. The summed E-state index contributed by atoms with van der Waals surface area (Å²) < 4.78 is 5.59. The van der Waals surface area contributed by atoms with E-state index in [2.05, 4.69) is 0 Å². The van der Waals surface area contributed by atoms with Gasteiger partial charge in [-0.05, 0) is 65.7 Å². The summed E-state index contributed by atoms with van der Waals surface area (Å²) in [5.74, 6) is 0. The Kier molecular flexibility index (Phi) is 4.39. The quantitative estimate of drug-likeness (QED) is 0.837. The molecule has 2 aliphatic rings. The average molecular weight is 268 g/mol. The Morgan fingerprint density at radius 1 is 1.05 bits per heavy atom. The normalized spacial score (nSPS) is 28.6. The van der Waals surface area contributed by atoms with E-state index in [-0.39, 0.29) is 6.09 Å². The molecule has 1 amide bonds. The van der Waals surface area contributed by atoms with E-state index < -0.39 is 5.60 Å². The lowest BCUT2D eigenvalue weighted by Gasteiger charge is -2.44. The second kappa shape index (κ2) is 5.70. The number of hydrogen-bond acceptors (Lipinski definition) is 3. The molecule has 19 heavy (non-hydrogen) atoms. The fraction of sp³-hybridized carbons (Fsp3) is 0.933. The third-order valence-corrected chi connectivity index (χ3v) is 4.21. The highest BCUT2D eigenvalue weighted by Gasteiger charge is 2.37. The lowest BCUT2D eigenvalue weighted by atomic mass is 9.85. The lowest BCUT2D eigenvalue weighted by Crippen LogP contribution is -2.53. The monoisotopic (exact) mass is 268 g/mol. The zero-order chi connectivity index (χ0) is 14.0. The third-order valence-electron chi connectivity index (χ3n) is 4.21. The van der Waals surface area contributed by atoms with Crippen LogP contribution < -0.4 is 5.73 Å². The number of nitrogens with zero attached hydrogens (tertiary/aromatic N) is 1. The van der Waals surface area contributed by atoms with Crippen LogP contribution in [0.1, 0.15) is 65.7 Å². The summed E-state index contributed by atoms with van der Waals surface area (Å²) in [4.78, 5) is 14.5. The first-order valence-electron chi connectivity index (χ1n) is 7.64. The fourth-order valence-electron chi connectivity index (χ4n) is 2.96. The van der Waals surface area contributed by atoms with Crippen LogP contribution in [0.15, 0.2) is 0 Å². The van der Waals surface area contributed by atoms with Crippen molar-refractivity contribution >= 4 is 6.09 Å². The largest absolute Gasteiger partial charge is 0.444 e. The molecule has 2 saturated carbocycles. The van der Waals surface area contributed by atoms with Gasteiger partial charge in [-0.1, -0.05) is 0 Å². The molecule has 0 heterocycles. The number of carbonyl (C=O) groups is 1. The van der Waals surface area contributed by atoms with Crippen LogP contribution in [0.25, 0.3) is 0 Å². The summed E-state index contributed by atoms with van der Waals surface area (Å²) in [5, 5.41) is 0. The molecule has 2 rings (SSSR count). The van der Waals surface area contributed by atoms with Crippen LogP contribution in [0, 0.1) is 0 Å². The van der Waals surface area contributed by atoms with E-state index in [1.54, 1.807) is 0 Å². The number of amides is 1. The minimum absolute atomic E-state index is 0.127. The van der Waals surface area contributed by atoms with Crippen molar-refractivity contribution in [3.8, 4) is 0 Å². The molecule has 110 valence electrons. The van der Waals surface area contributed by atoms with E-state index in [1.807, 2.05) is 25.7 Å². The highest BCUT2D eigenvalue weighted by Crippen LogP contribution is 2.33. The van der Waals surface area contributed by atoms with E-state index in [9.17, 15) is 4.79 Å². The summed E-state index contributed by atoms with van der Waals surface area (Å²) in [6.45, 7) is 5.79. The van der Waals surface area contributed by atoms with Gasteiger partial charge >= 0.3 is 6.09 Å². The van der Waals surface area contributed by atoms with Crippen LogP contribution in [0.3, 0.4) is 0 Å². The second-order valence-electron chi connectivity index (χ2n) is 7.04. The van der Waals surface area contributed by atoms with Crippen LogP contribution >= 0.6 is 0 Å². The van der Waals surface area contributed by atoms with Crippen molar-refractivity contribution in [3.05, 3.63) is 0 Å². The highest BCUT2D eigenvalue weighted by molar-refractivity contribution is 5.69. The molecule has 4 nitrogen and oxygen atoms in total. The molecule has 4 heteroatoms. The van der Waals surface area contributed by atoms with Crippen LogP contribution in [0.2, 0.25) is 0 Å². The first-order chi connectivity index (χ1) is 8.87. The number of ether oxygens (including phenoxy) is 1. The van der Waals surface area contributed by atoms with Gasteiger partial charge in [-0.25, -0.2) is 4.79 Å². The molecular formula is C15H28N2O2. The van der Waals surface area contributed by atoms with E-state index in [1.165, 1.54) is 6.42 Å². The minimum atomic E-state index is -0.413. The van der Waals surface area contributed by atoms with Crippen LogP contribution in [-0.4, -0.2) is 34.7 Å². The molecule has 0 aromatic carbocycles. The van der Waals surface area contributed by atoms with Crippen LogP contribution in [0.5, 0.6) is 0 Å². The van der Waals surface area contributed by atoms with Crippen molar-refractivity contribution in [1.29, 1.82) is 0 Å². The Balaban J connectivity index is 2.01. The first kappa shape index (κ1) is 14.6. The van der Waals surface area contributed by atoms with Gasteiger partial charge in [0, 0.05) is 18.1 Å². The lowest BCUT2D eigenvalue weighted by molar-refractivity contribution is -0.0120. The number of nitrogens with two attached hydrogens (primary N) is 1. The second-order valence-corrected chi connectivity index (χ2v) is 7.04. The molecule has 0 unspecified atom stereocenters. The van der Waals surface area contributed by atoms with Gasteiger partial charge in [-0.2, -0.15) is 0 Å². The average Bonchev–Trinajstić information content (AvgIpc) is 2.22. The van der Waals surface area contributed by atoms with Crippen molar-refractivity contribution in [3.63, 3.8) is 0 Å². The standard InChI is InChI=1S/C15H28N2O2/c1-15(2,3)19-14(18)17(12-5-4-6-12)13-9-7-11(16)8-10-13/h11-13H,4-10,16H2,1-3H3. The van der Waals surface area contributed by atoms with Gasteiger partial charge in [0.15, 0.2) is 0 Å². The molecule has 0 saturated heterocycles. The molecule has 2 N–H and O–H groups in total. The molecule has 0 atom stereocenters. The summed E-state index contributed by atoms with van der Waals surface area (Å²) in [5.41, 5.74) is 5.55. The molecule has 0 spiro atoms. The molecule has 0 radical (unpaired) electrons. The third kappa shape index (κ3) is 3.85. The smallest absolute Gasteiger partial charge is 0.410 e. The Morgan fingerprint density at radius 3 is 2.00 bits per heavy atom. The summed E-state index contributed by atoms with van der Waals surface area (Å²) in [7, 11) is 0. The van der Waals surface area contributed by atoms with Gasteiger partial charge in [0.1, 0.15) is 5.60 Å². The highest BCUT2D eigenvalue weighted by atomic mass is 16.6. The van der Waals surface area contributed by atoms with Gasteiger partial charge in [-0.15, -0.1) is 0 Å². The van der Waals surface area contributed by atoms with Crippen molar-refractivity contribution in [2.45, 2.75) is 89.4 Å². The Bertz CT molecular complexity index is 313. The predicted molar refractivity (Wildman–Crippen MR) is 75.9 cm³/mol. The maximum atomic E-state index is 12.4. The summed E-state index contributed by atoms with van der Waals surface area (Å²) in [6, 6.07) is 1.05. The van der Waals surface area contributed by atoms with Gasteiger partial charge < -0.3 is 15.4 Å². The van der Waals surface area contributed by atoms with Gasteiger partial charge in [0.05, 0.1) is 0 Å². The summed E-state index contributed by atoms with van der Waals surface area (Å²) >= 11 is 0. The first-order valence-corrected chi connectivity index (χ1v) is 7.64.